The van der Waals surface area contributed by atoms with Gasteiger partial charge >= 0.3 is 0 Å². The number of anilines is 1. The molecule has 0 radical (unpaired) electrons. The predicted octanol–water partition coefficient (Wildman–Crippen LogP) is 4.30. The summed E-state index contributed by atoms with van der Waals surface area (Å²) in [6.45, 7) is 2.13. The number of rotatable bonds is 7. The summed E-state index contributed by atoms with van der Waals surface area (Å²) >= 11 is 5.91. The first-order valence-electron chi connectivity index (χ1n) is 9.71. The van der Waals surface area contributed by atoms with E-state index in [0.29, 0.717) is 16.3 Å². The fraction of sp³-hybridized carbons (Fsp3) is 0.364. The van der Waals surface area contributed by atoms with Crippen LogP contribution >= 0.6 is 11.6 Å². The fourth-order valence-electron chi connectivity index (χ4n) is 3.43. The van der Waals surface area contributed by atoms with Crippen LogP contribution in [-0.4, -0.2) is 24.4 Å². The second-order valence-corrected chi connectivity index (χ2v) is 7.64. The molecule has 0 heterocycles. The highest BCUT2D eigenvalue weighted by atomic mass is 35.5. The summed E-state index contributed by atoms with van der Waals surface area (Å²) in [4.78, 5) is 25.0. The molecule has 0 saturated heterocycles. The van der Waals surface area contributed by atoms with Crippen LogP contribution < -0.4 is 16.0 Å². The van der Waals surface area contributed by atoms with Gasteiger partial charge in [-0.1, -0.05) is 48.7 Å². The van der Waals surface area contributed by atoms with Crippen molar-refractivity contribution >= 4 is 29.1 Å². The number of carbonyl (C=O) groups excluding carboxylic acids is 2. The van der Waals surface area contributed by atoms with Gasteiger partial charge in [-0.25, -0.2) is 0 Å². The van der Waals surface area contributed by atoms with Crippen molar-refractivity contribution in [2.45, 2.75) is 44.7 Å². The van der Waals surface area contributed by atoms with Gasteiger partial charge in [0.15, 0.2) is 0 Å². The first kappa shape index (κ1) is 20.4. The highest BCUT2D eigenvalue weighted by Crippen LogP contribution is 2.20. The summed E-state index contributed by atoms with van der Waals surface area (Å²) in [7, 11) is 0. The lowest BCUT2D eigenvalue weighted by Crippen LogP contribution is -2.34. The summed E-state index contributed by atoms with van der Waals surface area (Å²) in [5, 5.41) is 9.79. The lowest BCUT2D eigenvalue weighted by atomic mass is 10.1. The molecule has 1 aliphatic rings. The Kier molecular flexibility index (Phi) is 7.06. The van der Waals surface area contributed by atoms with Crippen LogP contribution in [0.2, 0.25) is 5.02 Å². The Morgan fingerprint density at radius 1 is 1.07 bits per heavy atom. The molecule has 1 atom stereocenters. The molecular weight excluding hydrogens is 374 g/mol. The molecule has 1 aliphatic carbocycles. The number of benzene rings is 2. The van der Waals surface area contributed by atoms with Crippen molar-refractivity contribution in [1.82, 2.24) is 10.6 Å². The topological polar surface area (TPSA) is 70.2 Å². The van der Waals surface area contributed by atoms with Crippen LogP contribution in [0, 0.1) is 0 Å². The first-order valence-corrected chi connectivity index (χ1v) is 10.1. The van der Waals surface area contributed by atoms with Gasteiger partial charge in [-0.3, -0.25) is 9.59 Å². The quantitative estimate of drug-likeness (QED) is 0.650. The molecule has 3 rings (SSSR count). The number of hydrogen-bond donors (Lipinski definition) is 3. The molecule has 0 aromatic heterocycles. The van der Waals surface area contributed by atoms with E-state index in [1.54, 1.807) is 18.2 Å². The Hall–Kier alpha value is -2.37. The second kappa shape index (κ2) is 9.71. The largest absolute Gasteiger partial charge is 0.349 e. The van der Waals surface area contributed by atoms with Crippen molar-refractivity contribution in [1.29, 1.82) is 0 Å². The van der Waals surface area contributed by atoms with Gasteiger partial charge < -0.3 is 16.0 Å². The van der Waals surface area contributed by atoms with Crippen LogP contribution in [0.15, 0.2) is 48.5 Å². The minimum atomic E-state index is -0.193. The number of para-hydroxylation sites is 1. The third-order valence-corrected chi connectivity index (χ3v) is 5.33. The maximum atomic E-state index is 12.6. The second-order valence-electron chi connectivity index (χ2n) is 7.20. The highest BCUT2D eigenvalue weighted by molar-refractivity contribution is 6.30. The van der Waals surface area contributed by atoms with Crippen LogP contribution in [0.1, 0.15) is 54.6 Å². The van der Waals surface area contributed by atoms with Crippen molar-refractivity contribution in [3.8, 4) is 0 Å². The maximum Gasteiger partial charge on any atom is 0.253 e. The molecular formula is C22H26ClN3O2. The molecule has 0 bridgehead atoms. The SMILES string of the molecule is C[C@@H](NCC(=O)Nc1ccccc1C(=O)NC1CCCC1)c1ccc(Cl)cc1. The van der Waals surface area contributed by atoms with Gasteiger partial charge in [0, 0.05) is 17.1 Å². The minimum absolute atomic E-state index is 0.00363. The summed E-state index contributed by atoms with van der Waals surface area (Å²) in [6, 6.07) is 14.9. The number of nitrogens with one attached hydrogen (secondary N) is 3. The molecule has 6 heteroatoms. The van der Waals surface area contributed by atoms with E-state index in [1.165, 1.54) is 0 Å². The number of amides is 2. The van der Waals surface area contributed by atoms with E-state index in [1.807, 2.05) is 37.3 Å². The van der Waals surface area contributed by atoms with Crippen molar-refractivity contribution < 1.29 is 9.59 Å². The molecule has 2 aromatic carbocycles. The van der Waals surface area contributed by atoms with Crippen molar-refractivity contribution in [3.05, 3.63) is 64.7 Å². The van der Waals surface area contributed by atoms with E-state index < -0.39 is 0 Å². The van der Waals surface area contributed by atoms with Crippen LogP contribution in [0.3, 0.4) is 0 Å². The zero-order valence-electron chi connectivity index (χ0n) is 16.0. The van der Waals surface area contributed by atoms with E-state index in [-0.39, 0.29) is 30.4 Å². The average molecular weight is 400 g/mol. The Bertz CT molecular complexity index is 817. The lowest BCUT2D eigenvalue weighted by Gasteiger charge is -2.16. The van der Waals surface area contributed by atoms with Gasteiger partial charge in [0.2, 0.25) is 5.91 Å². The molecule has 2 aromatic rings. The molecule has 3 N–H and O–H groups in total. The maximum absolute atomic E-state index is 12.6. The van der Waals surface area contributed by atoms with Crippen molar-refractivity contribution in [2.75, 3.05) is 11.9 Å². The van der Waals surface area contributed by atoms with Crippen LogP contribution in [-0.2, 0) is 4.79 Å². The molecule has 2 amide bonds. The van der Waals surface area contributed by atoms with Crippen LogP contribution in [0.4, 0.5) is 5.69 Å². The molecule has 1 fully saturated rings. The molecule has 0 aliphatic heterocycles. The fourth-order valence-corrected chi connectivity index (χ4v) is 3.56. The van der Waals surface area contributed by atoms with Crippen LogP contribution in [0.25, 0.3) is 0 Å². The van der Waals surface area contributed by atoms with E-state index in [2.05, 4.69) is 16.0 Å². The van der Waals surface area contributed by atoms with E-state index in [0.717, 1.165) is 31.2 Å². The van der Waals surface area contributed by atoms with Gasteiger partial charge in [-0.2, -0.15) is 0 Å². The summed E-state index contributed by atoms with van der Waals surface area (Å²) in [5.74, 6) is -0.327. The highest BCUT2D eigenvalue weighted by Gasteiger charge is 2.20. The van der Waals surface area contributed by atoms with E-state index in [4.69, 9.17) is 11.6 Å². The van der Waals surface area contributed by atoms with Gasteiger partial charge in [0.05, 0.1) is 17.8 Å². The molecule has 0 spiro atoms. The summed E-state index contributed by atoms with van der Waals surface area (Å²) < 4.78 is 0. The summed E-state index contributed by atoms with van der Waals surface area (Å²) in [6.07, 6.45) is 4.35. The molecule has 1 saturated carbocycles. The third kappa shape index (κ3) is 5.57. The molecule has 148 valence electrons. The van der Waals surface area contributed by atoms with E-state index in [9.17, 15) is 9.59 Å². The monoisotopic (exact) mass is 399 g/mol. The van der Waals surface area contributed by atoms with Gasteiger partial charge in [-0.05, 0) is 49.6 Å². The normalized spacial score (nSPS) is 15.2. The Morgan fingerprint density at radius 3 is 2.46 bits per heavy atom. The van der Waals surface area contributed by atoms with Gasteiger partial charge in [0.1, 0.15) is 0 Å². The predicted molar refractivity (Wildman–Crippen MR) is 113 cm³/mol. The van der Waals surface area contributed by atoms with Crippen LogP contribution in [0.5, 0.6) is 0 Å². The van der Waals surface area contributed by atoms with Crippen molar-refractivity contribution in [3.63, 3.8) is 0 Å². The Labute approximate surface area is 170 Å². The number of carbonyl (C=O) groups is 2. The Balaban J connectivity index is 1.56. The van der Waals surface area contributed by atoms with Gasteiger partial charge in [-0.15, -0.1) is 0 Å². The summed E-state index contributed by atoms with van der Waals surface area (Å²) in [5.41, 5.74) is 2.07. The minimum Gasteiger partial charge on any atom is -0.349 e. The lowest BCUT2D eigenvalue weighted by molar-refractivity contribution is -0.115. The zero-order chi connectivity index (χ0) is 19.9. The molecule has 5 nitrogen and oxygen atoms in total. The standard InChI is InChI=1S/C22H26ClN3O2/c1-15(16-10-12-17(23)13-11-16)24-14-21(27)26-20-9-5-4-8-19(20)22(28)25-18-6-2-3-7-18/h4-5,8-13,15,18,24H,2-3,6-7,14H2,1H3,(H,25,28)(H,26,27)/t15-/m1/s1. The van der Waals surface area contributed by atoms with Gasteiger partial charge in [0.25, 0.3) is 5.91 Å². The van der Waals surface area contributed by atoms with Crippen molar-refractivity contribution in [2.24, 2.45) is 0 Å². The average Bonchev–Trinajstić information content (AvgIpc) is 3.20. The smallest absolute Gasteiger partial charge is 0.253 e. The number of hydrogen-bond acceptors (Lipinski definition) is 3. The third-order valence-electron chi connectivity index (χ3n) is 5.07. The number of halogens is 1. The first-order chi connectivity index (χ1) is 13.5. The molecule has 0 unspecified atom stereocenters. The Morgan fingerprint density at radius 2 is 1.75 bits per heavy atom. The zero-order valence-corrected chi connectivity index (χ0v) is 16.8. The van der Waals surface area contributed by atoms with E-state index >= 15 is 0 Å². The molecule has 28 heavy (non-hydrogen) atoms.